The molecule has 0 N–H and O–H groups in total. The van der Waals surface area contributed by atoms with Gasteiger partial charge in [-0.05, 0) is 31.6 Å². The van der Waals surface area contributed by atoms with Crippen LogP contribution in [0.4, 0.5) is 0 Å². The van der Waals surface area contributed by atoms with Crippen LogP contribution in [0, 0.1) is 5.92 Å². The standard InChI is InChI=1S/C14H25IO/c15-13-7-3-1-2-4-8-14(13)16-11-5-6-12-9-10-12/h12-14H,1-11H2. The predicted octanol–water partition coefficient (Wildman–Crippen LogP) is 4.72. The quantitative estimate of drug-likeness (QED) is 0.401. The molecule has 2 unspecified atom stereocenters. The number of halogens is 1. The second-order valence-electron chi connectivity index (χ2n) is 5.50. The SMILES string of the molecule is IC1CCCCCCC1OCCCC1CC1. The van der Waals surface area contributed by atoms with E-state index >= 15 is 0 Å². The highest BCUT2D eigenvalue weighted by molar-refractivity contribution is 14.1. The molecule has 0 aromatic carbocycles. The highest BCUT2D eigenvalue weighted by Gasteiger charge is 2.22. The smallest absolute Gasteiger partial charge is 0.0692 e. The van der Waals surface area contributed by atoms with Gasteiger partial charge in [0.05, 0.1) is 6.10 Å². The average molecular weight is 336 g/mol. The fraction of sp³-hybridized carbons (Fsp3) is 1.00. The van der Waals surface area contributed by atoms with E-state index in [1.165, 1.54) is 64.2 Å². The van der Waals surface area contributed by atoms with Gasteiger partial charge in [0.15, 0.2) is 0 Å². The molecule has 0 aromatic heterocycles. The molecule has 2 aliphatic carbocycles. The molecular weight excluding hydrogens is 311 g/mol. The van der Waals surface area contributed by atoms with Crippen molar-refractivity contribution < 1.29 is 4.74 Å². The molecule has 2 heteroatoms. The first-order chi connectivity index (χ1) is 7.86. The Morgan fingerprint density at radius 1 is 0.938 bits per heavy atom. The van der Waals surface area contributed by atoms with E-state index in [0.29, 0.717) is 6.10 Å². The monoisotopic (exact) mass is 336 g/mol. The molecule has 0 heterocycles. The minimum atomic E-state index is 0.556. The van der Waals surface area contributed by atoms with E-state index in [4.69, 9.17) is 4.74 Å². The minimum Gasteiger partial charge on any atom is -0.377 e. The molecule has 0 radical (unpaired) electrons. The average Bonchev–Trinajstić information content (AvgIpc) is 3.06. The molecule has 0 spiro atoms. The van der Waals surface area contributed by atoms with E-state index in [1.807, 2.05) is 0 Å². The summed E-state index contributed by atoms with van der Waals surface area (Å²) in [6.45, 7) is 1.01. The van der Waals surface area contributed by atoms with Crippen LogP contribution in [0.5, 0.6) is 0 Å². The van der Waals surface area contributed by atoms with Crippen LogP contribution < -0.4 is 0 Å². The maximum atomic E-state index is 6.10. The first-order valence-corrected chi connectivity index (χ1v) is 8.36. The van der Waals surface area contributed by atoms with Crippen molar-refractivity contribution in [2.75, 3.05) is 6.61 Å². The van der Waals surface area contributed by atoms with Gasteiger partial charge in [-0.3, -0.25) is 0 Å². The summed E-state index contributed by atoms with van der Waals surface area (Å²) in [4.78, 5) is 0. The van der Waals surface area contributed by atoms with Gasteiger partial charge in [-0.2, -0.15) is 0 Å². The van der Waals surface area contributed by atoms with Crippen LogP contribution in [0.3, 0.4) is 0 Å². The fourth-order valence-electron chi connectivity index (χ4n) is 2.61. The summed E-state index contributed by atoms with van der Waals surface area (Å²) in [5.41, 5.74) is 0. The Morgan fingerprint density at radius 3 is 2.44 bits per heavy atom. The van der Waals surface area contributed by atoms with Crippen molar-refractivity contribution >= 4 is 22.6 Å². The van der Waals surface area contributed by atoms with Crippen LogP contribution in [0.2, 0.25) is 0 Å². The van der Waals surface area contributed by atoms with Gasteiger partial charge in [-0.1, -0.05) is 61.1 Å². The van der Waals surface area contributed by atoms with E-state index in [-0.39, 0.29) is 0 Å². The zero-order valence-electron chi connectivity index (χ0n) is 10.3. The minimum absolute atomic E-state index is 0.556. The lowest BCUT2D eigenvalue weighted by Crippen LogP contribution is -2.26. The topological polar surface area (TPSA) is 9.23 Å². The molecule has 2 rings (SSSR count). The number of alkyl halides is 1. The van der Waals surface area contributed by atoms with Crippen molar-refractivity contribution in [1.82, 2.24) is 0 Å². The Balaban J connectivity index is 1.59. The molecule has 1 nitrogen and oxygen atoms in total. The summed E-state index contributed by atoms with van der Waals surface area (Å²) in [5, 5.41) is 0. The lowest BCUT2D eigenvalue weighted by molar-refractivity contribution is 0.0401. The molecule has 0 saturated heterocycles. The second-order valence-corrected chi connectivity index (χ2v) is 7.10. The van der Waals surface area contributed by atoms with Crippen molar-refractivity contribution in [3.63, 3.8) is 0 Å². The van der Waals surface area contributed by atoms with Gasteiger partial charge in [-0.15, -0.1) is 0 Å². The summed E-state index contributed by atoms with van der Waals surface area (Å²) in [6, 6.07) is 0. The molecule has 2 aliphatic rings. The molecule has 94 valence electrons. The van der Waals surface area contributed by atoms with E-state index in [0.717, 1.165) is 16.4 Å². The Morgan fingerprint density at radius 2 is 1.69 bits per heavy atom. The zero-order valence-corrected chi connectivity index (χ0v) is 12.5. The number of rotatable bonds is 5. The third-order valence-electron chi connectivity index (χ3n) is 3.91. The van der Waals surface area contributed by atoms with Crippen LogP contribution in [-0.2, 0) is 4.74 Å². The summed E-state index contributed by atoms with van der Waals surface area (Å²) >= 11 is 2.61. The number of ether oxygens (including phenoxy) is 1. The lowest BCUT2D eigenvalue weighted by atomic mass is 9.98. The van der Waals surface area contributed by atoms with Gasteiger partial charge in [0.2, 0.25) is 0 Å². The third kappa shape index (κ3) is 4.91. The first-order valence-electron chi connectivity index (χ1n) is 7.12. The molecule has 2 fully saturated rings. The summed E-state index contributed by atoms with van der Waals surface area (Å²) in [5.74, 6) is 1.07. The molecule has 0 bridgehead atoms. The van der Waals surface area contributed by atoms with Crippen molar-refractivity contribution in [2.45, 2.75) is 74.2 Å². The predicted molar refractivity (Wildman–Crippen MR) is 77.2 cm³/mol. The van der Waals surface area contributed by atoms with Gasteiger partial charge in [0.1, 0.15) is 0 Å². The highest BCUT2D eigenvalue weighted by atomic mass is 127. The highest BCUT2D eigenvalue weighted by Crippen LogP contribution is 2.33. The van der Waals surface area contributed by atoms with E-state index in [1.54, 1.807) is 0 Å². The second kappa shape index (κ2) is 7.20. The molecule has 0 aliphatic heterocycles. The zero-order chi connectivity index (χ0) is 11.2. The van der Waals surface area contributed by atoms with E-state index in [2.05, 4.69) is 22.6 Å². The third-order valence-corrected chi connectivity index (χ3v) is 5.33. The first kappa shape index (κ1) is 13.1. The summed E-state index contributed by atoms with van der Waals surface area (Å²) in [6.07, 6.45) is 14.6. The molecule has 16 heavy (non-hydrogen) atoms. The Labute approximate surface area is 114 Å². The van der Waals surface area contributed by atoms with Crippen LogP contribution in [0.15, 0.2) is 0 Å². The van der Waals surface area contributed by atoms with Crippen LogP contribution in [0.25, 0.3) is 0 Å². The van der Waals surface area contributed by atoms with Crippen molar-refractivity contribution in [1.29, 1.82) is 0 Å². The van der Waals surface area contributed by atoms with Gasteiger partial charge in [0, 0.05) is 10.5 Å². The van der Waals surface area contributed by atoms with Gasteiger partial charge in [-0.25, -0.2) is 0 Å². The molecule has 2 atom stereocenters. The van der Waals surface area contributed by atoms with Crippen molar-refractivity contribution in [3.8, 4) is 0 Å². The number of hydrogen-bond donors (Lipinski definition) is 0. The molecule has 2 saturated carbocycles. The Kier molecular flexibility index (Phi) is 5.91. The van der Waals surface area contributed by atoms with Crippen molar-refractivity contribution in [2.24, 2.45) is 5.92 Å². The van der Waals surface area contributed by atoms with E-state index < -0.39 is 0 Å². The van der Waals surface area contributed by atoms with Crippen LogP contribution in [-0.4, -0.2) is 16.6 Å². The maximum Gasteiger partial charge on any atom is 0.0692 e. The van der Waals surface area contributed by atoms with Gasteiger partial charge >= 0.3 is 0 Å². The molecular formula is C14H25IO. The molecule has 0 amide bonds. The normalized spacial score (nSPS) is 32.1. The lowest BCUT2D eigenvalue weighted by Gasteiger charge is -2.25. The Hall–Kier alpha value is 0.690. The summed E-state index contributed by atoms with van der Waals surface area (Å²) < 4.78 is 6.86. The maximum absolute atomic E-state index is 6.10. The Bertz CT molecular complexity index is 191. The number of hydrogen-bond acceptors (Lipinski definition) is 1. The molecule has 0 aromatic rings. The largest absolute Gasteiger partial charge is 0.377 e. The van der Waals surface area contributed by atoms with Crippen LogP contribution in [0.1, 0.15) is 64.2 Å². The fourth-order valence-corrected chi connectivity index (χ4v) is 3.61. The van der Waals surface area contributed by atoms with E-state index in [9.17, 15) is 0 Å². The summed E-state index contributed by atoms with van der Waals surface area (Å²) in [7, 11) is 0. The van der Waals surface area contributed by atoms with Gasteiger partial charge < -0.3 is 4.74 Å². The van der Waals surface area contributed by atoms with Crippen molar-refractivity contribution in [3.05, 3.63) is 0 Å². The van der Waals surface area contributed by atoms with Crippen LogP contribution >= 0.6 is 22.6 Å². The van der Waals surface area contributed by atoms with Gasteiger partial charge in [0.25, 0.3) is 0 Å².